The number of anilines is 1. The summed E-state index contributed by atoms with van der Waals surface area (Å²) in [5, 5.41) is 3.03. The summed E-state index contributed by atoms with van der Waals surface area (Å²) in [5.41, 5.74) is 0.892. The van der Waals surface area contributed by atoms with Gasteiger partial charge in [0.15, 0.2) is 0 Å². The van der Waals surface area contributed by atoms with E-state index in [1.165, 1.54) is 0 Å². The predicted octanol–water partition coefficient (Wildman–Crippen LogP) is 1.05. The molecule has 66 valence electrons. The Morgan fingerprint density at radius 3 is 3.08 bits per heavy atom. The Kier molecular flexibility index (Phi) is 3.47. The summed E-state index contributed by atoms with van der Waals surface area (Å²) < 4.78 is 4.94. The van der Waals surface area contributed by atoms with Crippen molar-refractivity contribution in [2.24, 2.45) is 0 Å². The number of aromatic nitrogens is 2. The lowest BCUT2D eigenvalue weighted by atomic mass is 10.4. The van der Waals surface area contributed by atoms with Crippen LogP contribution >= 0.6 is 0 Å². The molecule has 4 heteroatoms. The van der Waals surface area contributed by atoms with Gasteiger partial charge in [0.2, 0.25) is 5.95 Å². The minimum Gasteiger partial charge on any atom is -0.378 e. The highest BCUT2D eigenvalue weighted by Gasteiger charge is 1.95. The third kappa shape index (κ3) is 2.47. The third-order valence-corrected chi connectivity index (χ3v) is 1.34. The number of methoxy groups -OCH3 is 1. The lowest BCUT2D eigenvalue weighted by Crippen LogP contribution is -2.03. The summed E-state index contributed by atoms with van der Waals surface area (Å²) in [4.78, 5) is 8.24. The maximum Gasteiger partial charge on any atom is 0.222 e. The molecule has 0 aliphatic rings. The molecule has 0 aliphatic carbocycles. The first-order valence-corrected chi connectivity index (χ1v) is 3.91. The Labute approximate surface area is 72.0 Å². The molecule has 1 rings (SSSR count). The summed E-state index contributed by atoms with van der Waals surface area (Å²) in [6, 6.07) is 1.84. The third-order valence-electron chi connectivity index (χ3n) is 1.34. The molecule has 0 radical (unpaired) electrons. The van der Waals surface area contributed by atoms with E-state index in [1.807, 2.05) is 13.0 Å². The van der Waals surface area contributed by atoms with Gasteiger partial charge in [0, 0.05) is 19.9 Å². The van der Waals surface area contributed by atoms with Crippen molar-refractivity contribution in [3.05, 3.63) is 18.0 Å². The van der Waals surface area contributed by atoms with Crippen molar-refractivity contribution in [1.82, 2.24) is 9.97 Å². The number of hydrogen-bond acceptors (Lipinski definition) is 4. The fourth-order valence-corrected chi connectivity index (χ4v) is 0.868. The molecule has 1 N–H and O–H groups in total. The number of hydrogen-bond donors (Lipinski definition) is 1. The van der Waals surface area contributed by atoms with E-state index in [9.17, 15) is 0 Å². The summed E-state index contributed by atoms with van der Waals surface area (Å²) in [5.74, 6) is 0.659. The fourth-order valence-electron chi connectivity index (χ4n) is 0.868. The van der Waals surface area contributed by atoms with E-state index in [2.05, 4.69) is 15.3 Å². The van der Waals surface area contributed by atoms with E-state index in [0.29, 0.717) is 12.6 Å². The fraction of sp³-hybridized carbons (Fsp3) is 0.500. The van der Waals surface area contributed by atoms with Crippen molar-refractivity contribution in [3.8, 4) is 0 Å². The molecule has 0 atom stereocenters. The Morgan fingerprint density at radius 2 is 2.42 bits per heavy atom. The van der Waals surface area contributed by atoms with Gasteiger partial charge in [-0.2, -0.15) is 0 Å². The van der Waals surface area contributed by atoms with Crippen LogP contribution in [0, 0.1) is 0 Å². The van der Waals surface area contributed by atoms with Gasteiger partial charge in [0.25, 0.3) is 0 Å². The minimum absolute atomic E-state index is 0.529. The smallest absolute Gasteiger partial charge is 0.222 e. The lowest BCUT2D eigenvalue weighted by Gasteiger charge is -2.02. The van der Waals surface area contributed by atoms with Crippen molar-refractivity contribution in [3.63, 3.8) is 0 Å². The average Bonchev–Trinajstić information content (AvgIpc) is 2.06. The van der Waals surface area contributed by atoms with Gasteiger partial charge in [0.05, 0.1) is 12.3 Å². The van der Waals surface area contributed by atoms with Crippen LogP contribution in [0.5, 0.6) is 0 Å². The molecule has 1 aromatic heterocycles. The van der Waals surface area contributed by atoms with Gasteiger partial charge in [-0.25, -0.2) is 9.97 Å². The zero-order valence-corrected chi connectivity index (χ0v) is 7.37. The van der Waals surface area contributed by atoms with Crippen LogP contribution in [0.3, 0.4) is 0 Å². The number of nitrogens with one attached hydrogen (secondary N) is 1. The largest absolute Gasteiger partial charge is 0.378 e. The first kappa shape index (κ1) is 8.93. The van der Waals surface area contributed by atoms with Crippen molar-refractivity contribution in [2.75, 3.05) is 19.0 Å². The summed E-state index contributed by atoms with van der Waals surface area (Å²) in [7, 11) is 1.65. The molecule has 0 unspecified atom stereocenters. The highest BCUT2D eigenvalue weighted by atomic mass is 16.5. The molecule has 0 spiro atoms. The summed E-state index contributed by atoms with van der Waals surface area (Å²) >= 11 is 0. The van der Waals surface area contributed by atoms with Crippen molar-refractivity contribution < 1.29 is 4.74 Å². The van der Waals surface area contributed by atoms with Gasteiger partial charge in [-0.3, -0.25) is 0 Å². The zero-order valence-electron chi connectivity index (χ0n) is 7.37. The highest BCUT2D eigenvalue weighted by Crippen LogP contribution is 2.00. The molecular formula is C8H13N3O. The molecular weight excluding hydrogens is 154 g/mol. The van der Waals surface area contributed by atoms with Gasteiger partial charge in [-0.05, 0) is 13.0 Å². The van der Waals surface area contributed by atoms with Gasteiger partial charge in [0.1, 0.15) is 0 Å². The first-order valence-electron chi connectivity index (χ1n) is 3.91. The van der Waals surface area contributed by atoms with Gasteiger partial charge in [-0.1, -0.05) is 0 Å². The molecule has 12 heavy (non-hydrogen) atoms. The van der Waals surface area contributed by atoms with Crippen molar-refractivity contribution in [1.29, 1.82) is 0 Å². The second kappa shape index (κ2) is 4.66. The zero-order chi connectivity index (χ0) is 8.81. The summed E-state index contributed by atoms with van der Waals surface area (Å²) in [6.07, 6.45) is 1.72. The number of rotatable bonds is 4. The predicted molar refractivity (Wildman–Crippen MR) is 46.9 cm³/mol. The Balaban J connectivity index is 2.67. The molecule has 0 bridgehead atoms. The average molecular weight is 167 g/mol. The first-order chi connectivity index (χ1) is 5.86. The van der Waals surface area contributed by atoms with Gasteiger partial charge in [-0.15, -0.1) is 0 Å². The topological polar surface area (TPSA) is 47.0 Å². The Morgan fingerprint density at radius 1 is 1.58 bits per heavy atom. The quantitative estimate of drug-likeness (QED) is 0.728. The molecule has 0 fully saturated rings. The van der Waals surface area contributed by atoms with E-state index >= 15 is 0 Å². The highest BCUT2D eigenvalue weighted by molar-refractivity contribution is 5.24. The molecule has 0 aromatic carbocycles. The molecule has 0 saturated carbocycles. The number of ether oxygens (including phenoxy) is 1. The molecule has 0 amide bonds. The lowest BCUT2D eigenvalue weighted by molar-refractivity contribution is 0.181. The normalized spacial score (nSPS) is 9.83. The minimum atomic E-state index is 0.529. The van der Waals surface area contributed by atoms with Crippen LogP contribution in [0.1, 0.15) is 12.6 Å². The van der Waals surface area contributed by atoms with E-state index in [4.69, 9.17) is 4.74 Å². The maximum absolute atomic E-state index is 4.94. The second-order valence-corrected chi connectivity index (χ2v) is 2.33. The van der Waals surface area contributed by atoms with Crippen LogP contribution in [0.2, 0.25) is 0 Å². The van der Waals surface area contributed by atoms with E-state index < -0.39 is 0 Å². The van der Waals surface area contributed by atoms with Crippen LogP contribution in [0.25, 0.3) is 0 Å². The van der Waals surface area contributed by atoms with Crippen LogP contribution in [0.15, 0.2) is 12.3 Å². The standard InChI is InChI=1S/C8H13N3O/c1-3-9-8-10-5-4-7(11-8)6-12-2/h4-5H,3,6H2,1-2H3,(H,9,10,11). The van der Waals surface area contributed by atoms with Crippen molar-refractivity contribution >= 4 is 5.95 Å². The Bertz CT molecular complexity index is 218. The molecule has 1 aromatic rings. The maximum atomic E-state index is 4.94. The molecule has 4 nitrogen and oxygen atoms in total. The SMILES string of the molecule is CCNc1nccc(COC)n1. The van der Waals surface area contributed by atoms with E-state index in [-0.39, 0.29) is 0 Å². The molecule has 1 heterocycles. The van der Waals surface area contributed by atoms with E-state index in [0.717, 1.165) is 12.2 Å². The second-order valence-electron chi connectivity index (χ2n) is 2.33. The van der Waals surface area contributed by atoms with Crippen LogP contribution in [-0.4, -0.2) is 23.6 Å². The molecule has 0 saturated heterocycles. The summed E-state index contributed by atoms with van der Waals surface area (Å²) in [6.45, 7) is 3.36. The monoisotopic (exact) mass is 167 g/mol. The van der Waals surface area contributed by atoms with Crippen LogP contribution in [0.4, 0.5) is 5.95 Å². The van der Waals surface area contributed by atoms with Crippen LogP contribution < -0.4 is 5.32 Å². The van der Waals surface area contributed by atoms with E-state index in [1.54, 1.807) is 13.3 Å². The van der Waals surface area contributed by atoms with Gasteiger partial charge >= 0.3 is 0 Å². The van der Waals surface area contributed by atoms with Gasteiger partial charge < -0.3 is 10.1 Å². The van der Waals surface area contributed by atoms with Crippen LogP contribution in [-0.2, 0) is 11.3 Å². The Hall–Kier alpha value is -1.16. The van der Waals surface area contributed by atoms with Crippen molar-refractivity contribution in [2.45, 2.75) is 13.5 Å². The number of nitrogens with zero attached hydrogens (tertiary/aromatic N) is 2. The molecule has 0 aliphatic heterocycles.